The van der Waals surface area contributed by atoms with Gasteiger partial charge in [-0.25, -0.2) is 4.18 Å². The number of ether oxygens (including phenoxy) is 1. The molecule has 0 atom stereocenters. The Hall–Kier alpha value is 0.427. The van der Waals surface area contributed by atoms with Crippen LogP contribution in [0, 0.1) is 0 Å². The van der Waals surface area contributed by atoms with Gasteiger partial charge in [0.15, 0.2) is 0 Å². The van der Waals surface area contributed by atoms with Crippen LogP contribution in [0.2, 0.25) is 0 Å². The Morgan fingerprint density at radius 3 is 2.25 bits per heavy atom. The van der Waals surface area contributed by atoms with Gasteiger partial charge in [-0.15, -0.1) is 0 Å². The van der Waals surface area contributed by atoms with E-state index in [0.717, 1.165) is 6.42 Å². The molecule has 0 saturated heterocycles. The van der Waals surface area contributed by atoms with Crippen LogP contribution in [0.1, 0.15) is 13.3 Å². The number of hydrogen-bond donors (Lipinski definition) is 1. The van der Waals surface area contributed by atoms with Gasteiger partial charge in [0.1, 0.15) is 0 Å². The summed E-state index contributed by atoms with van der Waals surface area (Å²) < 4.78 is 36.8. The summed E-state index contributed by atoms with van der Waals surface area (Å²) in [5.41, 5.74) is 0. The van der Waals surface area contributed by atoms with Gasteiger partial charge in [0.25, 0.3) is 0 Å². The Balaban J connectivity index is 0. The number of hydrogen-bond acceptors (Lipinski definition) is 4. The van der Waals surface area contributed by atoms with E-state index in [1.807, 2.05) is 6.92 Å². The van der Waals surface area contributed by atoms with Crippen molar-refractivity contribution in [2.24, 2.45) is 0 Å². The zero-order chi connectivity index (χ0) is 8.74. The van der Waals surface area contributed by atoms with E-state index in [-0.39, 0.29) is 32.1 Å². The zero-order valence-corrected chi connectivity index (χ0v) is 7.13. The van der Waals surface area contributed by atoms with E-state index in [1.165, 1.54) is 0 Å². The maximum absolute atomic E-state index is 9.94. The summed E-state index contributed by atoms with van der Waals surface area (Å²) >= 11 is 0. The molecule has 0 rings (SSSR count). The molecule has 0 fully saturated rings. The van der Waals surface area contributed by atoms with Crippen LogP contribution in [0.3, 0.4) is 0 Å². The van der Waals surface area contributed by atoms with Gasteiger partial charge < -0.3 is 4.74 Å². The standard InChI is InChI=1S/C5H12O5S.Li.H/c1-2-3-9-4-5-10-11(6,7)8;;/h2-5H2,1H3,(H,6,7,8);;. The van der Waals surface area contributed by atoms with Crippen molar-refractivity contribution in [3.8, 4) is 0 Å². The van der Waals surface area contributed by atoms with Crippen molar-refractivity contribution in [1.82, 2.24) is 0 Å². The van der Waals surface area contributed by atoms with E-state index in [4.69, 9.17) is 9.29 Å². The maximum atomic E-state index is 9.94. The van der Waals surface area contributed by atoms with Crippen LogP contribution >= 0.6 is 0 Å². The van der Waals surface area contributed by atoms with Crippen molar-refractivity contribution in [3.63, 3.8) is 0 Å². The Labute approximate surface area is 84.6 Å². The third kappa shape index (κ3) is 13.0. The molecule has 70 valence electrons. The molecule has 0 saturated carbocycles. The van der Waals surface area contributed by atoms with Crippen LogP contribution in [-0.4, -0.2) is 51.7 Å². The predicted molar refractivity (Wildman–Crippen MR) is 45.8 cm³/mol. The molecule has 0 aliphatic rings. The van der Waals surface area contributed by atoms with Crippen LogP contribution in [0.25, 0.3) is 0 Å². The minimum atomic E-state index is -4.29. The summed E-state index contributed by atoms with van der Waals surface area (Å²) in [6, 6.07) is 0. The molecule has 0 aliphatic carbocycles. The van der Waals surface area contributed by atoms with Gasteiger partial charge in [-0.2, -0.15) is 8.42 Å². The van der Waals surface area contributed by atoms with Crippen molar-refractivity contribution in [1.29, 1.82) is 0 Å². The van der Waals surface area contributed by atoms with Crippen LogP contribution in [0.4, 0.5) is 0 Å². The van der Waals surface area contributed by atoms with Crippen molar-refractivity contribution in [2.45, 2.75) is 13.3 Å². The summed E-state index contributed by atoms with van der Waals surface area (Å²) in [5, 5.41) is 0. The summed E-state index contributed by atoms with van der Waals surface area (Å²) in [7, 11) is -4.29. The second kappa shape index (κ2) is 8.05. The molecule has 0 unspecified atom stereocenters. The van der Waals surface area contributed by atoms with Crippen LogP contribution in [0.15, 0.2) is 0 Å². The molecule has 5 nitrogen and oxygen atoms in total. The van der Waals surface area contributed by atoms with Gasteiger partial charge in [-0.1, -0.05) is 6.92 Å². The molecule has 0 aromatic heterocycles. The van der Waals surface area contributed by atoms with Crippen LogP contribution < -0.4 is 0 Å². The molecular formula is C5H13LiO5S. The van der Waals surface area contributed by atoms with E-state index < -0.39 is 10.4 Å². The normalized spacial score (nSPS) is 10.8. The number of rotatable bonds is 6. The van der Waals surface area contributed by atoms with E-state index in [0.29, 0.717) is 6.61 Å². The molecule has 0 aromatic rings. The molecule has 12 heavy (non-hydrogen) atoms. The first-order chi connectivity index (χ1) is 5.06. The van der Waals surface area contributed by atoms with Gasteiger partial charge in [-0.05, 0) is 6.42 Å². The van der Waals surface area contributed by atoms with Crippen molar-refractivity contribution in [2.75, 3.05) is 19.8 Å². The van der Waals surface area contributed by atoms with Gasteiger partial charge >= 0.3 is 29.3 Å². The van der Waals surface area contributed by atoms with E-state index >= 15 is 0 Å². The van der Waals surface area contributed by atoms with E-state index in [9.17, 15) is 8.42 Å². The second-order valence-corrected chi connectivity index (χ2v) is 2.95. The average molecular weight is 192 g/mol. The van der Waals surface area contributed by atoms with Gasteiger partial charge in [-0.3, -0.25) is 4.55 Å². The van der Waals surface area contributed by atoms with Crippen molar-refractivity contribution >= 4 is 29.3 Å². The van der Waals surface area contributed by atoms with Crippen molar-refractivity contribution in [3.05, 3.63) is 0 Å². The monoisotopic (exact) mass is 192 g/mol. The van der Waals surface area contributed by atoms with Gasteiger partial charge in [0, 0.05) is 6.61 Å². The Morgan fingerprint density at radius 1 is 1.25 bits per heavy atom. The quantitative estimate of drug-likeness (QED) is 0.351. The fourth-order valence-corrected chi connectivity index (χ4v) is 0.723. The molecule has 0 spiro atoms. The molecule has 0 aromatic carbocycles. The van der Waals surface area contributed by atoms with Crippen LogP contribution in [-0.2, 0) is 19.3 Å². The summed E-state index contributed by atoms with van der Waals surface area (Å²) in [4.78, 5) is 0. The fraction of sp³-hybridized carbons (Fsp3) is 1.00. The molecule has 0 heterocycles. The first-order valence-corrected chi connectivity index (χ1v) is 4.62. The van der Waals surface area contributed by atoms with E-state index in [1.54, 1.807) is 0 Å². The first kappa shape index (κ1) is 14.9. The SMILES string of the molecule is CCCOCCOS(=O)(=O)O.[LiH]. The zero-order valence-electron chi connectivity index (χ0n) is 6.32. The molecule has 7 heteroatoms. The van der Waals surface area contributed by atoms with Gasteiger partial charge in [0.05, 0.1) is 13.2 Å². The third-order valence-electron chi connectivity index (χ3n) is 0.808. The summed E-state index contributed by atoms with van der Waals surface area (Å²) in [6.07, 6.45) is 0.867. The summed E-state index contributed by atoms with van der Waals surface area (Å²) in [5.74, 6) is 0. The third-order valence-corrected chi connectivity index (χ3v) is 1.27. The Morgan fingerprint density at radius 2 is 1.83 bits per heavy atom. The van der Waals surface area contributed by atoms with Crippen LogP contribution in [0.5, 0.6) is 0 Å². The van der Waals surface area contributed by atoms with Gasteiger partial charge in [0.2, 0.25) is 0 Å². The first-order valence-electron chi connectivity index (χ1n) is 3.26. The van der Waals surface area contributed by atoms with Crippen molar-refractivity contribution < 1.29 is 21.9 Å². The Kier molecular flexibility index (Phi) is 10.0. The van der Waals surface area contributed by atoms with E-state index in [2.05, 4.69) is 4.18 Å². The second-order valence-electron chi connectivity index (χ2n) is 1.86. The molecule has 0 aliphatic heterocycles. The minimum absolute atomic E-state index is 0. The molecule has 0 bridgehead atoms. The molecule has 1 N–H and O–H groups in total. The predicted octanol–water partition coefficient (Wildman–Crippen LogP) is -0.416. The fourth-order valence-electron chi connectivity index (χ4n) is 0.445. The Bertz CT molecular complexity index is 178. The molecule has 0 amide bonds. The average Bonchev–Trinajstić information content (AvgIpc) is 1.85. The molecule has 0 radical (unpaired) electrons. The topological polar surface area (TPSA) is 72.8 Å². The summed E-state index contributed by atoms with van der Waals surface area (Å²) in [6.45, 7) is 2.53. The molecular weight excluding hydrogens is 179 g/mol.